The van der Waals surface area contributed by atoms with E-state index >= 15 is 0 Å². The highest BCUT2D eigenvalue weighted by Crippen LogP contribution is 2.28. The molecular formula is C19H24FN3O5S2. The van der Waals surface area contributed by atoms with E-state index in [2.05, 4.69) is 4.72 Å². The van der Waals surface area contributed by atoms with E-state index in [0.29, 0.717) is 13.1 Å². The van der Waals surface area contributed by atoms with Gasteiger partial charge in [-0.25, -0.2) is 25.9 Å². The van der Waals surface area contributed by atoms with Crippen LogP contribution in [0.5, 0.6) is 5.75 Å². The van der Waals surface area contributed by atoms with Crippen LogP contribution in [0.2, 0.25) is 0 Å². The van der Waals surface area contributed by atoms with E-state index in [1.165, 1.54) is 16.4 Å². The molecule has 1 aliphatic heterocycles. The first kappa shape index (κ1) is 22.5. The Kier molecular flexibility index (Phi) is 6.96. The average molecular weight is 458 g/mol. The fourth-order valence-corrected chi connectivity index (χ4v) is 5.85. The van der Waals surface area contributed by atoms with E-state index in [-0.39, 0.29) is 19.6 Å². The van der Waals surface area contributed by atoms with Gasteiger partial charge in [0.25, 0.3) is 0 Å². The number of benzene rings is 2. The molecule has 3 rings (SSSR count). The smallest absolute Gasteiger partial charge is 0.243 e. The van der Waals surface area contributed by atoms with E-state index in [1.807, 2.05) is 29.2 Å². The van der Waals surface area contributed by atoms with E-state index in [1.54, 1.807) is 7.11 Å². The summed E-state index contributed by atoms with van der Waals surface area (Å²) < 4.78 is 72.2. The summed E-state index contributed by atoms with van der Waals surface area (Å²) >= 11 is 0. The normalized spacial score (nSPS) is 15.9. The fraction of sp³-hybridized carbons (Fsp3) is 0.368. The lowest BCUT2D eigenvalue weighted by Gasteiger charge is -2.35. The number of anilines is 1. The van der Waals surface area contributed by atoms with Gasteiger partial charge in [-0.3, -0.25) is 0 Å². The molecule has 0 atom stereocenters. The van der Waals surface area contributed by atoms with E-state index in [0.717, 1.165) is 23.6 Å². The molecule has 2 aromatic rings. The number of piperazine rings is 1. The molecule has 1 N–H and O–H groups in total. The SMILES string of the molecule is COc1ccccc1N1CCN(S(=O)(=O)CCNS(=O)(=O)c2ccccc2F)CC1. The van der Waals surface area contributed by atoms with Gasteiger partial charge >= 0.3 is 0 Å². The Morgan fingerprint density at radius 3 is 2.27 bits per heavy atom. The molecule has 1 heterocycles. The molecule has 2 aromatic carbocycles. The van der Waals surface area contributed by atoms with Crippen molar-refractivity contribution in [3.63, 3.8) is 0 Å². The molecule has 0 spiro atoms. The Balaban J connectivity index is 1.56. The van der Waals surface area contributed by atoms with Gasteiger partial charge < -0.3 is 9.64 Å². The highest BCUT2D eigenvalue weighted by atomic mass is 32.2. The van der Waals surface area contributed by atoms with Crippen LogP contribution >= 0.6 is 0 Å². The number of ether oxygens (including phenoxy) is 1. The predicted octanol–water partition coefficient (Wildman–Crippen LogP) is 1.26. The van der Waals surface area contributed by atoms with Crippen LogP contribution in [0.1, 0.15) is 0 Å². The lowest BCUT2D eigenvalue weighted by atomic mass is 10.2. The Labute approximate surface area is 176 Å². The molecule has 0 aliphatic carbocycles. The summed E-state index contributed by atoms with van der Waals surface area (Å²) in [6.45, 7) is 1.19. The van der Waals surface area contributed by atoms with Crippen LogP contribution in [0.3, 0.4) is 0 Å². The van der Waals surface area contributed by atoms with Gasteiger partial charge in [-0.2, -0.15) is 4.31 Å². The third-order valence-electron chi connectivity index (χ3n) is 4.84. The molecule has 30 heavy (non-hydrogen) atoms. The molecule has 0 saturated carbocycles. The molecule has 1 saturated heterocycles. The number of para-hydroxylation sites is 2. The van der Waals surface area contributed by atoms with Crippen LogP contribution in [0.4, 0.5) is 10.1 Å². The van der Waals surface area contributed by atoms with Crippen LogP contribution in [-0.4, -0.2) is 66.7 Å². The molecular weight excluding hydrogens is 433 g/mol. The molecule has 0 aromatic heterocycles. The quantitative estimate of drug-likeness (QED) is 0.641. The summed E-state index contributed by atoms with van der Waals surface area (Å²) in [6, 6.07) is 12.5. The van der Waals surface area contributed by atoms with Crippen molar-refractivity contribution in [1.29, 1.82) is 0 Å². The van der Waals surface area contributed by atoms with Crippen molar-refractivity contribution in [3.05, 3.63) is 54.3 Å². The van der Waals surface area contributed by atoms with Crippen molar-refractivity contribution in [2.75, 3.05) is 50.5 Å². The second-order valence-electron chi connectivity index (χ2n) is 6.70. The van der Waals surface area contributed by atoms with Gasteiger partial charge in [0, 0.05) is 32.7 Å². The minimum atomic E-state index is -4.13. The number of nitrogens with zero attached hydrogens (tertiary/aromatic N) is 2. The van der Waals surface area contributed by atoms with Gasteiger partial charge in [-0.1, -0.05) is 24.3 Å². The number of hydrogen-bond donors (Lipinski definition) is 1. The number of hydrogen-bond acceptors (Lipinski definition) is 6. The van der Waals surface area contributed by atoms with Crippen molar-refractivity contribution in [1.82, 2.24) is 9.03 Å². The van der Waals surface area contributed by atoms with E-state index < -0.39 is 36.5 Å². The van der Waals surface area contributed by atoms with Gasteiger partial charge in [0.15, 0.2) is 0 Å². The molecule has 1 aliphatic rings. The van der Waals surface area contributed by atoms with Crippen LogP contribution in [0.15, 0.2) is 53.4 Å². The van der Waals surface area contributed by atoms with Gasteiger partial charge in [-0.15, -0.1) is 0 Å². The summed E-state index contributed by atoms with van der Waals surface area (Å²) in [7, 11) is -6.21. The largest absolute Gasteiger partial charge is 0.495 e. The topological polar surface area (TPSA) is 96.0 Å². The third kappa shape index (κ3) is 5.09. The Hall–Kier alpha value is -2.21. The Bertz CT molecular complexity index is 1080. The highest BCUT2D eigenvalue weighted by Gasteiger charge is 2.28. The van der Waals surface area contributed by atoms with Crippen molar-refractivity contribution in [3.8, 4) is 5.75 Å². The Morgan fingerprint density at radius 2 is 1.60 bits per heavy atom. The minimum Gasteiger partial charge on any atom is -0.495 e. The Morgan fingerprint density at radius 1 is 0.967 bits per heavy atom. The van der Waals surface area contributed by atoms with E-state index in [4.69, 9.17) is 4.74 Å². The van der Waals surface area contributed by atoms with Crippen molar-refractivity contribution >= 4 is 25.7 Å². The first-order valence-electron chi connectivity index (χ1n) is 9.34. The van der Waals surface area contributed by atoms with Crippen LogP contribution in [-0.2, 0) is 20.0 Å². The zero-order valence-corrected chi connectivity index (χ0v) is 18.1. The zero-order chi connectivity index (χ0) is 21.8. The van der Waals surface area contributed by atoms with Crippen molar-refractivity contribution in [2.45, 2.75) is 4.90 Å². The first-order valence-corrected chi connectivity index (χ1v) is 12.4. The lowest BCUT2D eigenvalue weighted by Crippen LogP contribution is -2.50. The summed E-state index contributed by atoms with van der Waals surface area (Å²) in [5, 5.41) is 0. The third-order valence-corrected chi connectivity index (χ3v) is 8.20. The van der Waals surface area contributed by atoms with Crippen LogP contribution < -0.4 is 14.4 Å². The van der Waals surface area contributed by atoms with Crippen molar-refractivity contribution in [2.24, 2.45) is 0 Å². The molecule has 164 valence electrons. The maximum Gasteiger partial charge on any atom is 0.243 e. The number of halogens is 1. The van der Waals surface area contributed by atoms with Crippen LogP contribution in [0.25, 0.3) is 0 Å². The van der Waals surface area contributed by atoms with E-state index in [9.17, 15) is 21.2 Å². The van der Waals surface area contributed by atoms with Crippen LogP contribution in [0, 0.1) is 5.82 Å². The molecule has 0 bridgehead atoms. The molecule has 1 fully saturated rings. The number of sulfonamides is 2. The minimum absolute atomic E-state index is 0.278. The number of rotatable bonds is 8. The summed E-state index contributed by atoms with van der Waals surface area (Å²) in [6.07, 6.45) is 0. The maximum absolute atomic E-state index is 13.7. The standard InChI is InChI=1S/C19H24FN3O5S2/c1-28-18-8-4-3-7-17(18)22-11-13-23(14-12-22)29(24,25)15-10-21-30(26,27)19-9-5-2-6-16(19)20/h2-9,21H,10-15H2,1H3. The predicted molar refractivity (Wildman–Crippen MR) is 112 cm³/mol. The highest BCUT2D eigenvalue weighted by molar-refractivity contribution is 7.90. The number of nitrogens with one attached hydrogen (secondary N) is 1. The lowest BCUT2D eigenvalue weighted by molar-refractivity contribution is 0.378. The molecule has 8 nitrogen and oxygen atoms in total. The monoisotopic (exact) mass is 457 g/mol. The summed E-state index contributed by atoms with van der Waals surface area (Å²) in [5.74, 6) is -0.577. The summed E-state index contributed by atoms with van der Waals surface area (Å²) in [5.41, 5.74) is 0.898. The van der Waals surface area contributed by atoms with Gasteiger partial charge in [-0.05, 0) is 24.3 Å². The zero-order valence-electron chi connectivity index (χ0n) is 16.5. The second kappa shape index (κ2) is 9.29. The number of methoxy groups -OCH3 is 1. The maximum atomic E-state index is 13.7. The molecule has 0 amide bonds. The second-order valence-corrected chi connectivity index (χ2v) is 10.5. The van der Waals surface area contributed by atoms with Gasteiger partial charge in [0.2, 0.25) is 20.0 Å². The molecule has 11 heteroatoms. The van der Waals surface area contributed by atoms with Gasteiger partial charge in [0.1, 0.15) is 16.5 Å². The molecule has 0 radical (unpaired) electrons. The average Bonchev–Trinajstić information content (AvgIpc) is 2.73. The fourth-order valence-electron chi connectivity index (χ4n) is 3.27. The summed E-state index contributed by atoms with van der Waals surface area (Å²) in [4.78, 5) is 1.54. The van der Waals surface area contributed by atoms with Crippen molar-refractivity contribution < 1.29 is 26.0 Å². The van der Waals surface area contributed by atoms with Gasteiger partial charge in [0.05, 0.1) is 18.6 Å². The first-order chi connectivity index (χ1) is 14.2. The molecule has 0 unspecified atom stereocenters.